The van der Waals surface area contributed by atoms with Crippen molar-refractivity contribution in [1.29, 1.82) is 0 Å². The number of carbonyl (C=O) groups excluding carboxylic acids is 2. The Hall–Kier alpha value is -1.10. The molecule has 0 aromatic carbocycles. The lowest BCUT2D eigenvalue weighted by Crippen LogP contribution is -2.48. The van der Waals surface area contributed by atoms with Crippen molar-refractivity contribution in [2.75, 3.05) is 13.6 Å². The fourth-order valence-electron chi connectivity index (χ4n) is 0.898. The third-order valence-corrected chi connectivity index (χ3v) is 2.33. The van der Waals surface area contributed by atoms with Crippen LogP contribution in [-0.4, -0.2) is 31.6 Å². The van der Waals surface area contributed by atoms with Crippen LogP contribution in [0.1, 0.15) is 27.2 Å². The standard InChI is InChI=1S/C10H21N3O2/c1-5-7(2)6-12-8(3)9(14)13-10(15)11-4/h7-8,12H,5-6H2,1-4H3,(H2,11,13,14,15). The number of nitrogens with one attached hydrogen (secondary N) is 3. The quantitative estimate of drug-likeness (QED) is 0.624. The van der Waals surface area contributed by atoms with Crippen molar-refractivity contribution >= 4 is 11.9 Å². The van der Waals surface area contributed by atoms with E-state index < -0.39 is 6.03 Å². The fraction of sp³-hybridized carbons (Fsp3) is 0.800. The summed E-state index contributed by atoms with van der Waals surface area (Å²) in [5, 5.41) is 7.62. The molecule has 5 heteroatoms. The van der Waals surface area contributed by atoms with Crippen LogP contribution in [0, 0.1) is 5.92 Å². The normalized spacial score (nSPS) is 14.1. The molecule has 0 aromatic rings. The largest absolute Gasteiger partial charge is 0.341 e. The highest BCUT2D eigenvalue weighted by Crippen LogP contribution is 1.98. The van der Waals surface area contributed by atoms with Crippen molar-refractivity contribution in [1.82, 2.24) is 16.0 Å². The fourth-order valence-corrected chi connectivity index (χ4v) is 0.898. The summed E-state index contributed by atoms with van der Waals surface area (Å²) in [6.07, 6.45) is 1.07. The molecule has 0 saturated heterocycles. The molecule has 2 atom stereocenters. The molecule has 0 aliphatic carbocycles. The molecule has 0 radical (unpaired) electrons. The summed E-state index contributed by atoms with van der Waals surface area (Å²) < 4.78 is 0. The summed E-state index contributed by atoms with van der Waals surface area (Å²) in [4.78, 5) is 22.2. The number of imide groups is 1. The van der Waals surface area contributed by atoms with Crippen LogP contribution in [0.25, 0.3) is 0 Å². The van der Waals surface area contributed by atoms with Gasteiger partial charge in [-0.1, -0.05) is 20.3 Å². The predicted octanol–water partition coefficient (Wildman–Crippen LogP) is 0.466. The zero-order valence-corrected chi connectivity index (χ0v) is 9.89. The Morgan fingerprint density at radius 2 is 1.87 bits per heavy atom. The minimum atomic E-state index is -0.475. The average molecular weight is 215 g/mol. The van der Waals surface area contributed by atoms with E-state index in [4.69, 9.17) is 0 Å². The maximum atomic E-state index is 11.4. The van der Waals surface area contributed by atoms with Crippen molar-refractivity contribution in [2.24, 2.45) is 5.92 Å². The van der Waals surface area contributed by atoms with Crippen LogP contribution in [0.15, 0.2) is 0 Å². The molecule has 88 valence electrons. The van der Waals surface area contributed by atoms with Gasteiger partial charge < -0.3 is 10.6 Å². The maximum Gasteiger partial charge on any atom is 0.321 e. The monoisotopic (exact) mass is 215 g/mol. The Morgan fingerprint density at radius 1 is 1.27 bits per heavy atom. The van der Waals surface area contributed by atoms with Gasteiger partial charge in [-0.15, -0.1) is 0 Å². The van der Waals surface area contributed by atoms with E-state index in [-0.39, 0.29) is 11.9 Å². The maximum absolute atomic E-state index is 11.4. The second kappa shape index (κ2) is 7.23. The summed E-state index contributed by atoms with van der Waals surface area (Å²) >= 11 is 0. The predicted molar refractivity (Wildman–Crippen MR) is 59.5 cm³/mol. The third-order valence-electron chi connectivity index (χ3n) is 2.33. The van der Waals surface area contributed by atoms with Gasteiger partial charge in [0.05, 0.1) is 6.04 Å². The summed E-state index contributed by atoms with van der Waals surface area (Å²) in [6, 6.07) is -0.825. The van der Waals surface area contributed by atoms with Crippen LogP contribution in [0.5, 0.6) is 0 Å². The summed E-state index contributed by atoms with van der Waals surface area (Å²) in [5.41, 5.74) is 0. The second-order valence-corrected chi connectivity index (χ2v) is 3.71. The van der Waals surface area contributed by atoms with E-state index in [0.717, 1.165) is 13.0 Å². The lowest BCUT2D eigenvalue weighted by molar-refractivity contribution is -0.121. The first kappa shape index (κ1) is 13.9. The van der Waals surface area contributed by atoms with Gasteiger partial charge in [-0.25, -0.2) is 4.79 Å². The zero-order valence-electron chi connectivity index (χ0n) is 9.89. The van der Waals surface area contributed by atoms with Crippen molar-refractivity contribution in [3.63, 3.8) is 0 Å². The van der Waals surface area contributed by atoms with Crippen molar-refractivity contribution < 1.29 is 9.59 Å². The Morgan fingerprint density at radius 3 is 2.33 bits per heavy atom. The number of carbonyl (C=O) groups is 2. The smallest absolute Gasteiger partial charge is 0.321 e. The van der Waals surface area contributed by atoms with Crippen LogP contribution in [0.3, 0.4) is 0 Å². The van der Waals surface area contributed by atoms with Gasteiger partial charge in [0.1, 0.15) is 0 Å². The van der Waals surface area contributed by atoms with Gasteiger partial charge in [-0.05, 0) is 19.4 Å². The second-order valence-electron chi connectivity index (χ2n) is 3.71. The van der Waals surface area contributed by atoms with Gasteiger partial charge in [0.25, 0.3) is 0 Å². The van der Waals surface area contributed by atoms with E-state index in [2.05, 4.69) is 29.8 Å². The Kier molecular flexibility index (Phi) is 6.70. The van der Waals surface area contributed by atoms with Gasteiger partial charge in [0.15, 0.2) is 0 Å². The molecule has 0 fully saturated rings. The molecule has 2 unspecified atom stereocenters. The third kappa shape index (κ3) is 6.06. The van der Waals surface area contributed by atoms with Crippen LogP contribution in [-0.2, 0) is 4.79 Å². The molecular formula is C10H21N3O2. The first-order chi connectivity index (χ1) is 7.01. The lowest BCUT2D eigenvalue weighted by Gasteiger charge is -2.15. The molecule has 3 amide bonds. The SMILES string of the molecule is CCC(C)CNC(C)C(=O)NC(=O)NC. The molecule has 0 aliphatic rings. The summed E-state index contributed by atoms with van der Waals surface area (Å²) in [6.45, 7) is 6.72. The Bertz CT molecular complexity index is 219. The molecule has 0 saturated carbocycles. The topological polar surface area (TPSA) is 70.2 Å². The van der Waals surface area contributed by atoms with E-state index in [1.54, 1.807) is 6.92 Å². The molecule has 5 nitrogen and oxygen atoms in total. The van der Waals surface area contributed by atoms with E-state index in [1.165, 1.54) is 7.05 Å². The van der Waals surface area contributed by atoms with Gasteiger partial charge in [0, 0.05) is 7.05 Å². The van der Waals surface area contributed by atoms with Crippen LogP contribution >= 0.6 is 0 Å². The van der Waals surface area contributed by atoms with E-state index in [1.807, 2.05) is 0 Å². The zero-order chi connectivity index (χ0) is 11.8. The summed E-state index contributed by atoms with van der Waals surface area (Å²) in [7, 11) is 1.47. The highest BCUT2D eigenvalue weighted by atomic mass is 16.2. The lowest BCUT2D eigenvalue weighted by atomic mass is 10.1. The molecule has 0 heterocycles. The molecular weight excluding hydrogens is 194 g/mol. The Balaban J connectivity index is 3.84. The molecule has 0 bridgehead atoms. The molecule has 15 heavy (non-hydrogen) atoms. The number of urea groups is 1. The number of amides is 3. The number of hydrogen-bond acceptors (Lipinski definition) is 3. The van der Waals surface area contributed by atoms with Gasteiger partial charge in [0.2, 0.25) is 5.91 Å². The first-order valence-corrected chi connectivity index (χ1v) is 5.27. The van der Waals surface area contributed by atoms with E-state index in [9.17, 15) is 9.59 Å². The van der Waals surface area contributed by atoms with E-state index in [0.29, 0.717) is 5.92 Å². The van der Waals surface area contributed by atoms with Crippen molar-refractivity contribution in [3.8, 4) is 0 Å². The summed E-state index contributed by atoms with van der Waals surface area (Å²) in [5.74, 6) is 0.220. The molecule has 0 spiro atoms. The minimum absolute atomic E-state index is 0.308. The van der Waals surface area contributed by atoms with Crippen LogP contribution in [0.2, 0.25) is 0 Å². The Labute approximate surface area is 91.0 Å². The van der Waals surface area contributed by atoms with Gasteiger partial charge >= 0.3 is 6.03 Å². The van der Waals surface area contributed by atoms with Crippen LogP contribution < -0.4 is 16.0 Å². The first-order valence-electron chi connectivity index (χ1n) is 5.27. The minimum Gasteiger partial charge on any atom is -0.341 e. The molecule has 0 aliphatic heterocycles. The highest BCUT2D eigenvalue weighted by molar-refractivity contribution is 5.96. The van der Waals surface area contributed by atoms with E-state index >= 15 is 0 Å². The average Bonchev–Trinajstić information content (AvgIpc) is 2.24. The molecule has 0 rings (SSSR count). The number of rotatable bonds is 5. The van der Waals surface area contributed by atoms with Crippen molar-refractivity contribution in [3.05, 3.63) is 0 Å². The number of hydrogen-bond donors (Lipinski definition) is 3. The van der Waals surface area contributed by atoms with Crippen LogP contribution in [0.4, 0.5) is 4.79 Å². The van der Waals surface area contributed by atoms with Crippen molar-refractivity contribution in [2.45, 2.75) is 33.2 Å². The highest BCUT2D eigenvalue weighted by Gasteiger charge is 2.14. The molecule has 0 aromatic heterocycles. The van der Waals surface area contributed by atoms with Gasteiger partial charge in [-0.2, -0.15) is 0 Å². The van der Waals surface area contributed by atoms with Gasteiger partial charge in [-0.3, -0.25) is 10.1 Å². The molecule has 3 N–H and O–H groups in total.